The van der Waals surface area contributed by atoms with Crippen molar-refractivity contribution < 1.29 is 13.4 Å². The van der Waals surface area contributed by atoms with Gasteiger partial charge in [0.05, 0.1) is 11.4 Å². The first-order valence-corrected chi connectivity index (χ1v) is 8.84. The van der Waals surface area contributed by atoms with E-state index in [9.17, 15) is 9.00 Å². The molecule has 0 saturated carbocycles. The van der Waals surface area contributed by atoms with Gasteiger partial charge in [-0.3, -0.25) is 9.00 Å². The Labute approximate surface area is 142 Å². The summed E-state index contributed by atoms with van der Waals surface area (Å²) in [4.78, 5) is 15.4. The van der Waals surface area contributed by atoms with Gasteiger partial charge in [-0.1, -0.05) is 30.3 Å². The fraction of sp³-hybridized carbons (Fsp3) is 0.111. The summed E-state index contributed by atoms with van der Waals surface area (Å²) in [6, 6.07) is 16.4. The van der Waals surface area contributed by atoms with E-state index in [0.717, 1.165) is 11.1 Å². The molecule has 0 aliphatic carbocycles. The third-order valence-electron chi connectivity index (χ3n) is 3.45. The van der Waals surface area contributed by atoms with Crippen molar-refractivity contribution in [2.45, 2.75) is 11.5 Å². The Morgan fingerprint density at radius 3 is 2.42 bits per heavy atom. The minimum absolute atomic E-state index is 0.313. The number of hydrogen-bond donors (Lipinski definition) is 1. The molecule has 1 heterocycles. The highest BCUT2D eigenvalue weighted by atomic mass is 32.2. The molecule has 1 aromatic heterocycles. The number of benzene rings is 2. The second kappa shape index (κ2) is 7.23. The Balaban J connectivity index is 1.63. The zero-order valence-electron chi connectivity index (χ0n) is 12.8. The summed E-state index contributed by atoms with van der Waals surface area (Å²) in [5.74, 6) is 0.743. The molecule has 0 fully saturated rings. The summed E-state index contributed by atoms with van der Waals surface area (Å²) >= 11 is 0. The zero-order valence-corrected chi connectivity index (χ0v) is 13.7. The first-order chi connectivity index (χ1) is 11.6. The number of carbonyl (C=O) groups is 1. The molecule has 1 amide bonds. The fourth-order valence-electron chi connectivity index (χ4n) is 2.25. The van der Waals surface area contributed by atoms with E-state index in [4.69, 9.17) is 10.2 Å². The molecule has 0 radical (unpaired) electrons. The lowest BCUT2D eigenvalue weighted by atomic mass is 10.1. The molecule has 1 unspecified atom stereocenters. The largest absolute Gasteiger partial charge is 0.444 e. The van der Waals surface area contributed by atoms with Crippen molar-refractivity contribution in [3.63, 3.8) is 0 Å². The minimum atomic E-state index is -1.12. The van der Waals surface area contributed by atoms with Gasteiger partial charge in [0, 0.05) is 27.7 Å². The van der Waals surface area contributed by atoms with Crippen molar-refractivity contribution in [1.29, 1.82) is 0 Å². The van der Waals surface area contributed by atoms with Gasteiger partial charge in [0.1, 0.15) is 6.26 Å². The highest BCUT2D eigenvalue weighted by Gasteiger charge is 2.10. The van der Waals surface area contributed by atoms with Gasteiger partial charge in [0.2, 0.25) is 11.8 Å². The van der Waals surface area contributed by atoms with E-state index < -0.39 is 16.7 Å². The SMILES string of the molecule is NC(=O)c1ccc(CS(=O)Cc2coc(-c3ccccc3)n2)cc1. The Kier molecular flexibility index (Phi) is 4.86. The van der Waals surface area contributed by atoms with Gasteiger partial charge in [-0.2, -0.15) is 0 Å². The molecule has 0 aliphatic heterocycles. The number of rotatable bonds is 6. The number of aromatic nitrogens is 1. The molecule has 0 spiro atoms. The number of nitrogens with two attached hydrogens (primary N) is 1. The van der Waals surface area contributed by atoms with Crippen LogP contribution in [0.4, 0.5) is 0 Å². The summed E-state index contributed by atoms with van der Waals surface area (Å²) < 4.78 is 17.7. The number of carbonyl (C=O) groups excluding carboxylic acids is 1. The normalized spacial score (nSPS) is 12.0. The van der Waals surface area contributed by atoms with E-state index in [1.54, 1.807) is 24.3 Å². The van der Waals surface area contributed by atoms with Gasteiger partial charge < -0.3 is 10.2 Å². The maximum atomic E-state index is 12.3. The summed E-state index contributed by atoms with van der Waals surface area (Å²) in [7, 11) is -1.12. The zero-order chi connectivity index (χ0) is 16.9. The van der Waals surface area contributed by atoms with Crippen LogP contribution in [0.2, 0.25) is 0 Å². The maximum Gasteiger partial charge on any atom is 0.248 e. The maximum absolute atomic E-state index is 12.3. The number of oxazole rings is 1. The lowest BCUT2D eigenvalue weighted by Gasteiger charge is -2.02. The van der Waals surface area contributed by atoms with Gasteiger partial charge in [-0.05, 0) is 29.8 Å². The summed E-state index contributed by atoms with van der Waals surface area (Å²) in [6.45, 7) is 0. The topological polar surface area (TPSA) is 86.2 Å². The average molecular weight is 340 g/mol. The van der Waals surface area contributed by atoms with Crippen LogP contribution >= 0.6 is 0 Å². The summed E-state index contributed by atoms with van der Waals surface area (Å²) in [5, 5.41) is 0. The Morgan fingerprint density at radius 2 is 1.75 bits per heavy atom. The van der Waals surface area contributed by atoms with Crippen molar-refractivity contribution >= 4 is 16.7 Å². The first kappa shape index (κ1) is 16.1. The average Bonchev–Trinajstić information content (AvgIpc) is 3.04. The van der Waals surface area contributed by atoms with Crippen molar-refractivity contribution in [2.75, 3.05) is 0 Å². The molecular weight excluding hydrogens is 324 g/mol. The highest BCUT2D eigenvalue weighted by molar-refractivity contribution is 7.83. The summed E-state index contributed by atoms with van der Waals surface area (Å²) in [5.41, 5.74) is 8.06. The third kappa shape index (κ3) is 3.97. The number of nitrogens with zero attached hydrogens (tertiary/aromatic N) is 1. The molecule has 5 nitrogen and oxygen atoms in total. The molecule has 3 aromatic rings. The van der Waals surface area contributed by atoms with E-state index in [2.05, 4.69) is 4.98 Å². The minimum Gasteiger partial charge on any atom is -0.444 e. The van der Waals surface area contributed by atoms with Crippen molar-refractivity contribution in [1.82, 2.24) is 4.98 Å². The Hall–Kier alpha value is -2.73. The Morgan fingerprint density at radius 1 is 1.04 bits per heavy atom. The van der Waals surface area contributed by atoms with Gasteiger partial charge >= 0.3 is 0 Å². The molecule has 6 heteroatoms. The molecule has 0 saturated heterocycles. The van der Waals surface area contributed by atoms with Crippen molar-refractivity contribution in [3.8, 4) is 11.5 Å². The van der Waals surface area contributed by atoms with Crippen molar-refractivity contribution in [2.24, 2.45) is 5.73 Å². The van der Waals surface area contributed by atoms with E-state index in [1.807, 2.05) is 30.3 Å². The van der Waals surface area contributed by atoms with Crippen molar-refractivity contribution in [3.05, 3.63) is 77.7 Å². The number of hydrogen-bond acceptors (Lipinski definition) is 4. The fourth-order valence-corrected chi connectivity index (χ4v) is 3.38. The quantitative estimate of drug-likeness (QED) is 0.747. The molecular formula is C18H16N2O3S. The second-order valence-electron chi connectivity index (χ2n) is 5.30. The summed E-state index contributed by atoms with van der Waals surface area (Å²) in [6.07, 6.45) is 1.54. The lowest BCUT2D eigenvalue weighted by molar-refractivity contribution is 0.100. The van der Waals surface area contributed by atoms with E-state index in [1.165, 1.54) is 6.26 Å². The predicted molar refractivity (Wildman–Crippen MR) is 92.4 cm³/mol. The van der Waals surface area contributed by atoms with Crippen LogP contribution in [0.25, 0.3) is 11.5 Å². The van der Waals surface area contributed by atoms with E-state index in [-0.39, 0.29) is 0 Å². The van der Waals surface area contributed by atoms with Gasteiger partial charge in [0.25, 0.3) is 0 Å². The number of primary amides is 1. The molecule has 2 N–H and O–H groups in total. The molecule has 2 aromatic carbocycles. The van der Waals surface area contributed by atoms with Gasteiger partial charge in [-0.15, -0.1) is 0 Å². The van der Waals surface area contributed by atoms with Crippen LogP contribution in [0.15, 0.2) is 65.3 Å². The highest BCUT2D eigenvalue weighted by Crippen LogP contribution is 2.19. The standard InChI is InChI=1S/C18H16N2O3S/c19-17(21)14-8-6-13(7-9-14)11-24(22)12-16-10-23-18(20-16)15-4-2-1-3-5-15/h1-10H,11-12H2,(H2,19,21). The molecule has 3 rings (SSSR count). The van der Waals surface area contributed by atoms with Crippen LogP contribution in [0.5, 0.6) is 0 Å². The van der Waals surface area contributed by atoms with E-state index >= 15 is 0 Å². The smallest absolute Gasteiger partial charge is 0.248 e. The molecule has 122 valence electrons. The second-order valence-corrected chi connectivity index (χ2v) is 6.76. The molecule has 1 atom stereocenters. The lowest BCUT2D eigenvalue weighted by Crippen LogP contribution is -2.10. The van der Waals surface area contributed by atoms with Crippen LogP contribution in [-0.4, -0.2) is 15.1 Å². The molecule has 24 heavy (non-hydrogen) atoms. The van der Waals surface area contributed by atoms with Crippen LogP contribution < -0.4 is 5.73 Å². The monoisotopic (exact) mass is 340 g/mol. The van der Waals surface area contributed by atoms with Gasteiger partial charge in [0.15, 0.2) is 0 Å². The van der Waals surface area contributed by atoms with E-state index in [0.29, 0.717) is 28.7 Å². The van der Waals surface area contributed by atoms with Crippen LogP contribution in [0, 0.1) is 0 Å². The number of amides is 1. The van der Waals surface area contributed by atoms with Crippen LogP contribution in [0.1, 0.15) is 21.6 Å². The van der Waals surface area contributed by atoms with Crippen LogP contribution in [-0.2, 0) is 22.3 Å². The molecule has 0 aliphatic rings. The van der Waals surface area contributed by atoms with Crippen LogP contribution in [0.3, 0.4) is 0 Å². The van der Waals surface area contributed by atoms with Gasteiger partial charge in [-0.25, -0.2) is 4.98 Å². The predicted octanol–water partition coefficient (Wildman–Crippen LogP) is 2.89. The molecule has 0 bridgehead atoms. The first-order valence-electron chi connectivity index (χ1n) is 7.35. The third-order valence-corrected chi connectivity index (χ3v) is 4.72. The Bertz CT molecular complexity index is 857.